The summed E-state index contributed by atoms with van der Waals surface area (Å²) in [6, 6.07) is 39.3. The normalized spacial score (nSPS) is 11.0. The van der Waals surface area contributed by atoms with E-state index in [2.05, 4.69) is 96.0 Å². The summed E-state index contributed by atoms with van der Waals surface area (Å²) in [4.78, 5) is 3.73. The third-order valence-corrected chi connectivity index (χ3v) is 8.36. The molecule has 9 heteroatoms. The van der Waals surface area contributed by atoms with Crippen LogP contribution >= 0.6 is 7.92 Å². The Balaban J connectivity index is 0.000000274. The fourth-order valence-electron chi connectivity index (χ4n) is 3.86. The van der Waals surface area contributed by atoms with Gasteiger partial charge in [-0.05, 0) is 59.3 Å². The number of benzene rings is 4. The van der Waals surface area contributed by atoms with Crippen LogP contribution in [0.3, 0.4) is 0 Å². The predicted octanol–water partition coefficient (Wildman–Crippen LogP) is 8.21. The van der Waals surface area contributed by atoms with Gasteiger partial charge in [0.05, 0.1) is 7.92 Å². The predicted molar refractivity (Wildman–Crippen MR) is 151 cm³/mol. The zero-order chi connectivity index (χ0) is 27.9. The van der Waals surface area contributed by atoms with Gasteiger partial charge in [0.25, 0.3) is 0 Å². The molecule has 1 aromatic heterocycles. The fraction of sp³-hybridized carbons (Fsp3) is 0.0625. The molecule has 5 aromatic rings. The van der Waals surface area contributed by atoms with Gasteiger partial charge in [-0.1, -0.05) is 66.7 Å². The second kappa shape index (κ2) is 15.1. The molecule has 0 N–H and O–H groups in total. The van der Waals surface area contributed by atoms with E-state index in [9.17, 15) is 26.3 Å². The van der Waals surface area contributed by atoms with E-state index in [1.165, 1.54) is 40.3 Å². The zero-order valence-corrected chi connectivity index (χ0v) is 25.1. The van der Waals surface area contributed by atoms with Gasteiger partial charge >= 0.3 is 12.4 Å². The number of rotatable bonds is 4. The quantitative estimate of drug-likeness (QED) is 0.102. The first kappa shape index (κ1) is 33.9. The maximum Gasteiger partial charge on any atom is 0.399 e. The van der Waals surface area contributed by atoms with Crippen LogP contribution in [0.25, 0.3) is 11.3 Å². The Hall–Kier alpha value is -3.31. The molecule has 0 amide bonds. The van der Waals surface area contributed by atoms with Crippen molar-refractivity contribution in [1.29, 1.82) is 0 Å². The van der Waals surface area contributed by atoms with Crippen molar-refractivity contribution >= 4 is 23.8 Å². The number of pyridine rings is 1. The van der Waals surface area contributed by atoms with E-state index in [0.29, 0.717) is 6.07 Å². The van der Waals surface area contributed by atoms with Gasteiger partial charge in [0, 0.05) is 26.3 Å². The second-order valence-electron chi connectivity index (χ2n) is 8.38. The largest absolute Gasteiger partial charge is 0.399 e. The van der Waals surface area contributed by atoms with Crippen LogP contribution in [0.4, 0.5) is 26.3 Å². The monoisotopic (exact) mass is 761 g/mol. The van der Waals surface area contributed by atoms with Crippen LogP contribution in [-0.4, -0.2) is 4.98 Å². The maximum absolute atomic E-state index is 12.7. The third-order valence-electron chi connectivity index (χ3n) is 5.63. The van der Waals surface area contributed by atoms with Crippen LogP contribution in [-0.2, 0) is 32.5 Å². The molecule has 0 saturated carbocycles. The Morgan fingerprint density at radius 1 is 0.561 bits per heavy atom. The maximum atomic E-state index is 12.7. The second-order valence-corrected chi connectivity index (χ2v) is 10.9. The van der Waals surface area contributed by atoms with Gasteiger partial charge in [-0.15, -0.1) is 23.8 Å². The molecule has 0 aliphatic heterocycles. The Labute approximate surface area is 250 Å². The average Bonchev–Trinajstić information content (AvgIpc) is 2.95. The number of alkyl halides is 6. The van der Waals surface area contributed by atoms with Crippen molar-refractivity contribution in [2.45, 2.75) is 12.4 Å². The zero-order valence-electron chi connectivity index (χ0n) is 21.7. The summed E-state index contributed by atoms with van der Waals surface area (Å²) < 4.78 is 75.8. The van der Waals surface area contributed by atoms with E-state index < -0.39 is 31.4 Å². The summed E-state index contributed by atoms with van der Waals surface area (Å²) in [6.07, 6.45) is -8.51. The fourth-order valence-corrected chi connectivity index (χ4v) is 6.44. The van der Waals surface area contributed by atoms with Crippen molar-refractivity contribution in [3.05, 3.63) is 152 Å². The van der Waals surface area contributed by atoms with Gasteiger partial charge in [-0.2, -0.15) is 26.3 Å². The molecule has 0 atom stereocenters. The Morgan fingerprint density at radius 3 is 1.37 bits per heavy atom. The van der Waals surface area contributed by atoms with Crippen molar-refractivity contribution in [2.24, 2.45) is 0 Å². The van der Waals surface area contributed by atoms with Crippen molar-refractivity contribution < 1.29 is 46.4 Å². The van der Waals surface area contributed by atoms with E-state index in [1.54, 1.807) is 0 Å². The summed E-state index contributed by atoms with van der Waals surface area (Å²) in [7, 11) is -0.877. The summed E-state index contributed by atoms with van der Waals surface area (Å²) in [5.41, 5.74) is -3.23. The average molecular weight is 761 g/mol. The number of aromatic nitrogens is 1. The molecule has 0 spiro atoms. The number of nitrogens with zero attached hydrogens (tertiary/aromatic N) is 1. The van der Waals surface area contributed by atoms with Crippen LogP contribution in [0.5, 0.6) is 0 Å². The number of halogens is 6. The van der Waals surface area contributed by atoms with Crippen LogP contribution in [0.1, 0.15) is 11.1 Å². The molecule has 1 nitrogen and oxygen atoms in total. The minimum atomic E-state index is -4.91. The molecule has 5 rings (SSSR count). The van der Waals surface area contributed by atoms with E-state index >= 15 is 0 Å². The SMILES string of the molecule is FC(F)(F)c1[c-]c(-c2ccccn2)cc(C(F)(F)F)c1.[CH3-].[Ir].c1ccc([PH+](c2ccccc2)c2ccccc2)cc1. The molecule has 0 bridgehead atoms. The molecular weight excluding hydrogens is 736 g/mol. The molecule has 0 unspecified atom stereocenters. The summed E-state index contributed by atoms with van der Waals surface area (Å²) in [6.45, 7) is 0. The molecule has 0 aliphatic carbocycles. The van der Waals surface area contributed by atoms with Gasteiger partial charge < -0.3 is 12.4 Å². The van der Waals surface area contributed by atoms with Gasteiger partial charge in [-0.25, -0.2) is 0 Å². The molecule has 0 fully saturated rings. The van der Waals surface area contributed by atoms with Crippen LogP contribution < -0.4 is 15.9 Å². The van der Waals surface area contributed by atoms with Crippen molar-refractivity contribution in [3.63, 3.8) is 0 Å². The summed E-state index contributed by atoms with van der Waals surface area (Å²) in [5, 5.41) is 4.31. The van der Waals surface area contributed by atoms with Crippen molar-refractivity contribution in [2.75, 3.05) is 0 Å². The number of hydrogen-bond acceptors (Lipinski definition) is 1. The first-order valence-electron chi connectivity index (χ1n) is 11.8. The molecule has 1 heterocycles. The van der Waals surface area contributed by atoms with E-state index in [-0.39, 0.29) is 44.9 Å². The van der Waals surface area contributed by atoms with E-state index in [0.717, 1.165) is 0 Å². The van der Waals surface area contributed by atoms with Gasteiger partial charge in [0.15, 0.2) is 0 Å². The standard InChI is InChI=1S/C18H15P.C13H6F6N.CH3.Ir/c1-4-10-16(11-5-1)19(17-12-6-2-7-13-17)18-14-8-3-9-15-18;14-12(15,16)9-5-8(11-3-1-2-4-20-11)6-10(7-9)13(17,18)19;;/h1-15H;1-5,7H;1H3;/q;2*-1;/p+1. The Bertz CT molecular complexity index is 1340. The molecular formula is C32H25F6IrNP-. The van der Waals surface area contributed by atoms with Crippen LogP contribution in [0, 0.1) is 13.5 Å². The summed E-state index contributed by atoms with van der Waals surface area (Å²) >= 11 is 0. The Morgan fingerprint density at radius 2 is 1.00 bits per heavy atom. The third kappa shape index (κ3) is 9.36. The van der Waals surface area contributed by atoms with Crippen LogP contribution in [0.2, 0.25) is 0 Å². The first-order chi connectivity index (χ1) is 18.6. The van der Waals surface area contributed by atoms with Crippen molar-refractivity contribution in [1.82, 2.24) is 4.98 Å². The number of hydrogen-bond donors (Lipinski definition) is 0. The molecule has 4 aromatic carbocycles. The van der Waals surface area contributed by atoms with Gasteiger partial charge in [-0.3, -0.25) is 0 Å². The smallest absolute Gasteiger partial charge is 0.358 e. The van der Waals surface area contributed by atoms with Gasteiger partial charge in [0.2, 0.25) is 0 Å². The topological polar surface area (TPSA) is 12.9 Å². The first-order valence-corrected chi connectivity index (χ1v) is 13.3. The van der Waals surface area contributed by atoms with Crippen molar-refractivity contribution in [3.8, 4) is 11.3 Å². The minimum absolute atomic E-state index is 0. The van der Waals surface area contributed by atoms with Gasteiger partial charge in [0.1, 0.15) is 15.9 Å². The van der Waals surface area contributed by atoms with Crippen LogP contribution in [0.15, 0.2) is 128 Å². The molecule has 0 aliphatic rings. The molecule has 215 valence electrons. The summed E-state index contributed by atoms with van der Waals surface area (Å²) in [5.74, 6) is 0. The van der Waals surface area contributed by atoms with E-state index in [4.69, 9.17) is 0 Å². The molecule has 41 heavy (non-hydrogen) atoms. The van der Waals surface area contributed by atoms with E-state index in [1.807, 2.05) is 6.07 Å². The minimum Gasteiger partial charge on any atom is -0.358 e. The molecule has 1 radical (unpaired) electrons. The molecule has 0 saturated heterocycles. The Kier molecular flexibility index (Phi) is 12.5.